The van der Waals surface area contributed by atoms with Crippen LogP contribution in [0.3, 0.4) is 0 Å². The summed E-state index contributed by atoms with van der Waals surface area (Å²) in [6.45, 7) is -0.0330. The van der Waals surface area contributed by atoms with Crippen LogP contribution in [0, 0.1) is 11.3 Å². The van der Waals surface area contributed by atoms with Crippen LogP contribution < -0.4 is 0 Å². The van der Waals surface area contributed by atoms with Gasteiger partial charge in [0, 0.05) is 30.3 Å². The zero-order valence-corrected chi connectivity index (χ0v) is 14.0. The van der Waals surface area contributed by atoms with Crippen molar-refractivity contribution in [2.24, 2.45) is 16.5 Å². The molecule has 1 amide bonds. The van der Waals surface area contributed by atoms with Crippen molar-refractivity contribution in [3.8, 4) is 0 Å². The van der Waals surface area contributed by atoms with Crippen molar-refractivity contribution in [2.45, 2.75) is 0 Å². The highest BCUT2D eigenvalue weighted by Gasteiger charge is 2.66. The molecule has 1 heterocycles. The summed E-state index contributed by atoms with van der Waals surface area (Å²) in [7, 11) is 1.55. The van der Waals surface area contributed by atoms with Crippen molar-refractivity contribution in [3.05, 3.63) is 71.3 Å². The van der Waals surface area contributed by atoms with Gasteiger partial charge in [-0.05, 0) is 0 Å². The number of Topliss-reactive ketones (excluding diaryl/α,β-unsaturated/α-hetero) is 2. The lowest BCUT2D eigenvalue weighted by Crippen LogP contribution is -2.45. The fraction of sp³-hybridized carbons (Fsp3) is 0.200. The fourth-order valence-electron chi connectivity index (χ4n) is 4.08. The molecule has 1 N–H and O–H groups in total. The highest BCUT2D eigenvalue weighted by Crippen LogP contribution is 2.48. The Kier molecular flexibility index (Phi) is 3.50. The Hall–Kier alpha value is -3.28. The molecular formula is C20H16N2O4. The first-order valence-electron chi connectivity index (χ1n) is 8.23. The minimum absolute atomic E-state index is 0.0330. The molecule has 1 spiro atoms. The monoisotopic (exact) mass is 348 g/mol. The maximum atomic E-state index is 13.2. The molecule has 1 saturated heterocycles. The van der Waals surface area contributed by atoms with Crippen LogP contribution in [0.25, 0.3) is 0 Å². The number of nitrogens with zero attached hydrogens (tertiary/aromatic N) is 2. The maximum Gasteiger partial charge on any atom is 0.233 e. The van der Waals surface area contributed by atoms with Crippen LogP contribution in [0.1, 0.15) is 26.3 Å². The van der Waals surface area contributed by atoms with E-state index in [-0.39, 0.29) is 12.3 Å². The molecule has 0 saturated carbocycles. The maximum absolute atomic E-state index is 13.2. The molecule has 1 atom stereocenters. The normalized spacial score (nSPS) is 21.6. The lowest BCUT2D eigenvalue weighted by molar-refractivity contribution is -0.128. The van der Waals surface area contributed by atoms with Crippen LogP contribution in [0.4, 0.5) is 0 Å². The molecule has 1 aliphatic heterocycles. The Morgan fingerprint density at radius 1 is 1.00 bits per heavy atom. The number of oxime groups is 1. The van der Waals surface area contributed by atoms with E-state index in [4.69, 9.17) is 0 Å². The van der Waals surface area contributed by atoms with Gasteiger partial charge in [-0.3, -0.25) is 14.4 Å². The Morgan fingerprint density at radius 3 is 2.08 bits per heavy atom. The Morgan fingerprint density at radius 2 is 1.54 bits per heavy atom. The van der Waals surface area contributed by atoms with E-state index < -0.39 is 28.8 Å². The average Bonchev–Trinajstić information content (AvgIpc) is 3.05. The number of fused-ring (bicyclic) bond motifs is 1. The van der Waals surface area contributed by atoms with Crippen LogP contribution in [0.15, 0.2) is 59.8 Å². The van der Waals surface area contributed by atoms with Crippen molar-refractivity contribution in [2.75, 3.05) is 13.6 Å². The predicted molar refractivity (Wildman–Crippen MR) is 93.4 cm³/mol. The third kappa shape index (κ3) is 1.92. The summed E-state index contributed by atoms with van der Waals surface area (Å²) in [5, 5.41) is 13.0. The Balaban J connectivity index is 1.93. The molecule has 0 radical (unpaired) electrons. The van der Waals surface area contributed by atoms with Crippen molar-refractivity contribution in [1.29, 1.82) is 0 Å². The van der Waals surface area contributed by atoms with Crippen molar-refractivity contribution in [1.82, 2.24) is 4.90 Å². The second-order valence-electron chi connectivity index (χ2n) is 6.65. The minimum Gasteiger partial charge on any atom is -0.411 e. The summed E-state index contributed by atoms with van der Waals surface area (Å²) < 4.78 is 0. The summed E-state index contributed by atoms with van der Waals surface area (Å²) in [6, 6.07) is 15.2. The SMILES string of the molecule is CN1CC2(C(=O)c3ccccc3C2=O)[C@H](/C(=N/O)c2ccccc2)C1=O. The molecule has 6 heteroatoms. The molecule has 4 rings (SSSR count). The molecule has 1 fully saturated rings. The fourth-order valence-corrected chi connectivity index (χ4v) is 4.08. The van der Waals surface area contributed by atoms with Crippen molar-refractivity contribution >= 4 is 23.2 Å². The lowest BCUT2D eigenvalue weighted by Gasteiger charge is -2.25. The molecule has 1 aliphatic carbocycles. The van der Waals surface area contributed by atoms with Gasteiger partial charge in [0.1, 0.15) is 17.0 Å². The van der Waals surface area contributed by atoms with Gasteiger partial charge >= 0.3 is 0 Å². The van der Waals surface area contributed by atoms with Gasteiger partial charge in [-0.2, -0.15) is 0 Å². The molecule has 6 nitrogen and oxygen atoms in total. The average molecular weight is 348 g/mol. The van der Waals surface area contributed by atoms with Gasteiger partial charge in [0.25, 0.3) is 0 Å². The van der Waals surface area contributed by atoms with Gasteiger partial charge in [0.2, 0.25) is 5.91 Å². The largest absolute Gasteiger partial charge is 0.411 e. The first-order valence-corrected chi connectivity index (χ1v) is 8.23. The molecule has 2 aliphatic rings. The molecule has 26 heavy (non-hydrogen) atoms. The number of carbonyl (C=O) groups excluding carboxylic acids is 3. The van der Waals surface area contributed by atoms with Crippen LogP contribution >= 0.6 is 0 Å². The van der Waals surface area contributed by atoms with Gasteiger partial charge in [0.05, 0.1) is 0 Å². The van der Waals surface area contributed by atoms with E-state index in [2.05, 4.69) is 5.16 Å². The standard InChI is InChI=1S/C20H16N2O4/c1-22-11-20(17(23)13-9-5-6-10-14(13)18(20)24)15(19(22)25)16(21-26)12-7-3-2-4-8-12/h2-10,15,26H,11H2,1H3/b21-16+/t15-/m1/s1. The van der Waals surface area contributed by atoms with Crippen LogP contribution in [0.2, 0.25) is 0 Å². The molecule has 2 aromatic carbocycles. The molecule has 0 unspecified atom stereocenters. The first-order chi connectivity index (χ1) is 12.5. The van der Waals surface area contributed by atoms with Gasteiger partial charge < -0.3 is 10.1 Å². The quantitative estimate of drug-likeness (QED) is 0.389. The van der Waals surface area contributed by atoms with E-state index in [1.165, 1.54) is 4.90 Å². The van der Waals surface area contributed by atoms with E-state index in [1.54, 1.807) is 61.6 Å². The van der Waals surface area contributed by atoms with Gasteiger partial charge in [-0.25, -0.2) is 0 Å². The highest BCUT2D eigenvalue weighted by atomic mass is 16.4. The minimum atomic E-state index is -1.59. The molecular weight excluding hydrogens is 332 g/mol. The summed E-state index contributed by atoms with van der Waals surface area (Å²) in [6.07, 6.45) is 0. The predicted octanol–water partition coefficient (Wildman–Crippen LogP) is 2.02. The van der Waals surface area contributed by atoms with Crippen LogP contribution in [-0.2, 0) is 4.79 Å². The van der Waals surface area contributed by atoms with Gasteiger partial charge in [-0.15, -0.1) is 0 Å². The number of likely N-dealkylation sites (tertiary alicyclic amines) is 1. The van der Waals surface area contributed by atoms with Crippen LogP contribution in [0.5, 0.6) is 0 Å². The topological polar surface area (TPSA) is 87.0 Å². The lowest BCUT2D eigenvalue weighted by atomic mass is 9.70. The van der Waals surface area contributed by atoms with E-state index >= 15 is 0 Å². The molecule has 0 aromatic heterocycles. The summed E-state index contributed by atoms with van der Waals surface area (Å²) in [4.78, 5) is 40.8. The number of rotatable bonds is 2. The number of amides is 1. The first kappa shape index (κ1) is 16.2. The number of benzene rings is 2. The second kappa shape index (κ2) is 5.62. The van der Waals surface area contributed by atoms with Crippen molar-refractivity contribution < 1.29 is 19.6 Å². The Bertz CT molecular complexity index is 930. The second-order valence-corrected chi connectivity index (χ2v) is 6.65. The van der Waals surface area contributed by atoms with E-state index in [1.807, 2.05) is 0 Å². The van der Waals surface area contributed by atoms with Gasteiger partial charge in [0.15, 0.2) is 11.6 Å². The number of carbonyl (C=O) groups is 3. The Labute approximate surface area is 149 Å². The van der Waals surface area contributed by atoms with E-state index in [0.29, 0.717) is 16.7 Å². The third-order valence-corrected chi connectivity index (χ3v) is 5.28. The molecule has 130 valence electrons. The summed E-state index contributed by atoms with van der Waals surface area (Å²) in [5.74, 6) is -2.35. The van der Waals surface area contributed by atoms with E-state index in [0.717, 1.165) is 0 Å². The summed E-state index contributed by atoms with van der Waals surface area (Å²) >= 11 is 0. The zero-order chi connectivity index (χ0) is 18.5. The van der Waals surface area contributed by atoms with E-state index in [9.17, 15) is 19.6 Å². The molecule has 2 aromatic rings. The van der Waals surface area contributed by atoms with Crippen molar-refractivity contribution in [3.63, 3.8) is 0 Å². The number of ketones is 2. The zero-order valence-electron chi connectivity index (χ0n) is 14.0. The number of hydrogen-bond acceptors (Lipinski definition) is 5. The van der Waals surface area contributed by atoms with Crippen LogP contribution in [-0.4, -0.2) is 46.9 Å². The summed E-state index contributed by atoms with van der Waals surface area (Å²) in [5.41, 5.74) is -0.423. The molecule has 0 bridgehead atoms. The third-order valence-electron chi connectivity index (χ3n) is 5.28. The smallest absolute Gasteiger partial charge is 0.233 e. The van der Waals surface area contributed by atoms with Gasteiger partial charge in [-0.1, -0.05) is 59.8 Å². The number of hydrogen-bond donors (Lipinski definition) is 1. The highest BCUT2D eigenvalue weighted by molar-refractivity contribution is 6.35.